The predicted molar refractivity (Wildman–Crippen MR) is 88.3 cm³/mol. The average molecular weight is 374 g/mol. The number of hydrogen-bond donors (Lipinski definition) is 2. The minimum Gasteiger partial charge on any atom is -0.379 e. The van der Waals surface area contributed by atoms with Crippen molar-refractivity contribution in [3.63, 3.8) is 0 Å². The Morgan fingerprint density at radius 1 is 1.36 bits per heavy atom. The zero-order chi connectivity index (χ0) is 18.4. The highest BCUT2D eigenvalue weighted by molar-refractivity contribution is 7.89. The van der Waals surface area contributed by atoms with Gasteiger partial charge >= 0.3 is 0 Å². The second-order valence-corrected chi connectivity index (χ2v) is 7.77. The first kappa shape index (κ1) is 19.3. The van der Waals surface area contributed by atoms with Crippen LogP contribution < -0.4 is 10.6 Å². The number of nitrogens with one attached hydrogen (secondary N) is 2. The van der Waals surface area contributed by atoms with Crippen molar-refractivity contribution in [2.75, 3.05) is 37.4 Å². The van der Waals surface area contributed by atoms with Crippen molar-refractivity contribution in [2.45, 2.75) is 26.3 Å². The van der Waals surface area contributed by atoms with Crippen LogP contribution in [0.3, 0.4) is 0 Å². The quantitative estimate of drug-likeness (QED) is 0.656. The van der Waals surface area contributed by atoms with Gasteiger partial charge in [0.25, 0.3) is 0 Å². The monoisotopic (exact) mass is 374 g/mol. The van der Waals surface area contributed by atoms with Crippen LogP contribution in [-0.2, 0) is 24.3 Å². The van der Waals surface area contributed by atoms with Gasteiger partial charge < -0.3 is 19.9 Å². The molecule has 25 heavy (non-hydrogen) atoms. The van der Waals surface area contributed by atoms with Gasteiger partial charge in [-0.1, -0.05) is 5.16 Å². The van der Waals surface area contributed by atoms with Crippen molar-refractivity contribution in [1.29, 1.82) is 0 Å². The molecular formula is C14H22N4O6S. The van der Waals surface area contributed by atoms with Gasteiger partial charge in [-0.15, -0.1) is 0 Å². The molecule has 0 unspecified atom stereocenters. The molecule has 1 fully saturated rings. The number of morpholine rings is 1. The van der Waals surface area contributed by atoms with E-state index in [1.54, 1.807) is 13.0 Å². The molecule has 1 saturated heterocycles. The van der Waals surface area contributed by atoms with Crippen LogP contribution in [0.15, 0.2) is 10.6 Å². The fourth-order valence-electron chi connectivity index (χ4n) is 2.21. The van der Waals surface area contributed by atoms with E-state index in [0.29, 0.717) is 32.1 Å². The summed E-state index contributed by atoms with van der Waals surface area (Å²) in [5.74, 6) is -0.511. The summed E-state index contributed by atoms with van der Waals surface area (Å²) in [7, 11) is -3.51. The summed E-state index contributed by atoms with van der Waals surface area (Å²) in [4.78, 5) is 23.9. The highest BCUT2D eigenvalue weighted by atomic mass is 32.2. The number of sulfonamides is 1. The minimum absolute atomic E-state index is 0.222. The molecule has 10 nitrogen and oxygen atoms in total. The van der Waals surface area contributed by atoms with E-state index in [4.69, 9.17) is 9.26 Å². The van der Waals surface area contributed by atoms with E-state index in [-0.39, 0.29) is 18.0 Å². The molecule has 0 spiro atoms. The number of anilines is 1. The number of rotatable bonds is 7. The van der Waals surface area contributed by atoms with Gasteiger partial charge in [0.1, 0.15) is 11.8 Å². The summed E-state index contributed by atoms with van der Waals surface area (Å²) in [6, 6.07) is 0.706. The summed E-state index contributed by atoms with van der Waals surface area (Å²) in [5.41, 5.74) is 0. The van der Waals surface area contributed by atoms with Crippen LogP contribution in [0.1, 0.15) is 19.1 Å². The van der Waals surface area contributed by atoms with Crippen LogP contribution in [0.5, 0.6) is 0 Å². The van der Waals surface area contributed by atoms with E-state index in [1.165, 1.54) is 11.2 Å². The van der Waals surface area contributed by atoms with Crippen molar-refractivity contribution < 1.29 is 27.3 Å². The SMILES string of the molecule is Cc1cc(NC(=O)[C@H](C)NC(=O)CCS(=O)(=O)N2CCOCC2)no1. The lowest BCUT2D eigenvalue weighted by Crippen LogP contribution is -2.44. The summed E-state index contributed by atoms with van der Waals surface area (Å²) in [6.45, 7) is 4.47. The molecule has 0 radical (unpaired) electrons. The molecular weight excluding hydrogens is 352 g/mol. The van der Waals surface area contributed by atoms with E-state index >= 15 is 0 Å². The molecule has 1 atom stereocenters. The topological polar surface area (TPSA) is 131 Å². The maximum Gasteiger partial charge on any atom is 0.247 e. The first-order valence-corrected chi connectivity index (χ1v) is 9.48. The second-order valence-electron chi connectivity index (χ2n) is 5.68. The Kier molecular flexibility index (Phi) is 6.51. The van der Waals surface area contributed by atoms with Crippen molar-refractivity contribution in [3.8, 4) is 0 Å². The van der Waals surface area contributed by atoms with Crippen LogP contribution >= 0.6 is 0 Å². The number of amides is 2. The molecule has 0 aliphatic carbocycles. The molecule has 2 N–H and O–H groups in total. The van der Waals surface area contributed by atoms with Crippen LogP contribution in [0.25, 0.3) is 0 Å². The van der Waals surface area contributed by atoms with Crippen LogP contribution in [0, 0.1) is 6.92 Å². The number of ether oxygens (including phenoxy) is 1. The summed E-state index contributed by atoms with van der Waals surface area (Å²) in [5, 5.41) is 8.58. The van der Waals surface area contributed by atoms with Crippen molar-refractivity contribution in [3.05, 3.63) is 11.8 Å². The van der Waals surface area contributed by atoms with Gasteiger partial charge in [-0.25, -0.2) is 8.42 Å². The van der Waals surface area contributed by atoms with E-state index in [0.717, 1.165) is 0 Å². The Bertz CT molecular complexity index is 711. The third-order valence-electron chi connectivity index (χ3n) is 3.60. The highest BCUT2D eigenvalue weighted by Gasteiger charge is 2.25. The minimum atomic E-state index is -3.51. The smallest absolute Gasteiger partial charge is 0.247 e. The lowest BCUT2D eigenvalue weighted by molar-refractivity contribution is -0.125. The number of aryl methyl sites for hydroxylation is 1. The fourth-order valence-corrected chi connectivity index (χ4v) is 3.62. The molecule has 1 aromatic rings. The first-order chi connectivity index (χ1) is 11.8. The molecule has 1 aliphatic rings. The molecule has 1 aliphatic heterocycles. The van der Waals surface area contributed by atoms with E-state index in [1.807, 2.05) is 0 Å². The second kappa shape index (κ2) is 8.41. The summed E-state index contributed by atoms with van der Waals surface area (Å²) >= 11 is 0. The van der Waals surface area contributed by atoms with Crippen LogP contribution in [0.2, 0.25) is 0 Å². The third kappa shape index (κ3) is 5.80. The Balaban J connectivity index is 1.77. The number of carbonyl (C=O) groups is 2. The molecule has 1 aromatic heterocycles. The molecule has 0 bridgehead atoms. The van der Waals surface area contributed by atoms with Gasteiger partial charge in [0, 0.05) is 25.6 Å². The predicted octanol–water partition coefficient (Wildman–Crippen LogP) is -0.522. The van der Waals surface area contributed by atoms with Gasteiger partial charge in [0.2, 0.25) is 21.8 Å². The number of hydrogen-bond acceptors (Lipinski definition) is 7. The summed E-state index contributed by atoms with van der Waals surface area (Å²) in [6.07, 6.45) is -0.222. The Labute approximate surface area is 145 Å². The first-order valence-electron chi connectivity index (χ1n) is 7.87. The van der Waals surface area contributed by atoms with Crippen LogP contribution in [-0.4, -0.2) is 67.8 Å². The molecule has 2 amide bonds. The van der Waals surface area contributed by atoms with E-state index in [9.17, 15) is 18.0 Å². The maximum absolute atomic E-state index is 12.1. The summed E-state index contributed by atoms with van der Waals surface area (Å²) < 4.78 is 35.5. The molecule has 0 aromatic carbocycles. The van der Waals surface area contributed by atoms with Gasteiger partial charge in [0.05, 0.1) is 19.0 Å². The lowest BCUT2D eigenvalue weighted by atomic mass is 10.3. The molecule has 140 valence electrons. The van der Waals surface area contributed by atoms with Gasteiger partial charge in [-0.05, 0) is 13.8 Å². The largest absolute Gasteiger partial charge is 0.379 e. The standard InChI is InChI=1S/C14H22N4O6S/c1-10-9-12(17-24-10)16-14(20)11(2)15-13(19)3-8-25(21,22)18-4-6-23-7-5-18/h9,11H,3-8H2,1-2H3,(H,15,19)(H,16,17,20)/t11-/m0/s1. The van der Waals surface area contributed by atoms with E-state index in [2.05, 4.69) is 15.8 Å². The molecule has 2 rings (SSSR count). The Morgan fingerprint density at radius 2 is 2.04 bits per heavy atom. The van der Waals surface area contributed by atoms with Crippen LogP contribution in [0.4, 0.5) is 5.82 Å². The lowest BCUT2D eigenvalue weighted by Gasteiger charge is -2.26. The van der Waals surface area contributed by atoms with E-state index < -0.39 is 27.9 Å². The molecule has 11 heteroatoms. The molecule has 0 saturated carbocycles. The number of nitrogens with zero attached hydrogens (tertiary/aromatic N) is 2. The molecule has 2 heterocycles. The maximum atomic E-state index is 12.1. The zero-order valence-corrected chi connectivity index (χ0v) is 15.0. The number of aromatic nitrogens is 1. The third-order valence-corrected chi connectivity index (χ3v) is 5.47. The Morgan fingerprint density at radius 3 is 2.64 bits per heavy atom. The average Bonchev–Trinajstić information content (AvgIpc) is 2.98. The normalized spacial score (nSPS) is 17.0. The fraction of sp³-hybridized carbons (Fsp3) is 0.643. The highest BCUT2D eigenvalue weighted by Crippen LogP contribution is 2.08. The van der Waals surface area contributed by atoms with Gasteiger partial charge in [-0.3, -0.25) is 9.59 Å². The number of carbonyl (C=O) groups excluding carboxylic acids is 2. The van der Waals surface area contributed by atoms with Crippen molar-refractivity contribution in [2.24, 2.45) is 0 Å². The zero-order valence-electron chi connectivity index (χ0n) is 14.1. The van der Waals surface area contributed by atoms with Gasteiger partial charge in [0.15, 0.2) is 5.82 Å². The van der Waals surface area contributed by atoms with Gasteiger partial charge in [-0.2, -0.15) is 4.31 Å². The van der Waals surface area contributed by atoms with Crippen molar-refractivity contribution in [1.82, 2.24) is 14.8 Å². The Hall–Kier alpha value is -1.98. The van der Waals surface area contributed by atoms with Crippen molar-refractivity contribution >= 4 is 27.7 Å².